The van der Waals surface area contributed by atoms with Gasteiger partial charge < -0.3 is 10.2 Å². The summed E-state index contributed by atoms with van der Waals surface area (Å²) in [5.74, 6) is -0.931. The van der Waals surface area contributed by atoms with Gasteiger partial charge in [-0.3, -0.25) is 9.59 Å². The van der Waals surface area contributed by atoms with Gasteiger partial charge in [0.05, 0.1) is 10.8 Å². The fourth-order valence-corrected chi connectivity index (χ4v) is 5.55. The minimum atomic E-state index is -3.55. The SMILES string of the molecule is CC1CCN(S(=O)(=O)c2ccc(NC(=O)C3CC(=O)N(c4ccc(F)cc4)C3)cc2)CC1. The van der Waals surface area contributed by atoms with Crippen LogP contribution in [0.5, 0.6) is 0 Å². The van der Waals surface area contributed by atoms with Crippen LogP contribution in [0.2, 0.25) is 0 Å². The van der Waals surface area contributed by atoms with E-state index in [4.69, 9.17) is 0 Å². The Labute approximate surface area is 187 Å². The maximum Gasteiger partial charge on any atom is 0.243 e. The number of nitrogens with zero attached hydrogens (tertiary/aromatic N) is 2. The lowest BCUT2D eigenvalue weighted by Gasteiger charge is -2.29. The molecule has 0 saturated carbocycles. The van der Waals surface area contributed by atoms with Crippen LogP contribution < -0.4 is 10.2 Å². The minimum Gasteiger partial charge on any atom is -0.326 e. The second kappa shape index (κ2) is 8.99. The van der Waals surface area contributed by atoms with E-state index in [1.165, 1.54) is 45.6 Å². The van der Waals surface area contributed by atoms with E-state index in [0.29, 0.717) is 30.4 Å². The Morgan fingerprint density at radius 1 is 1.03 bits per heavy atom. The molecule has 0 aliphatic carbocycles. The number of anilines is 2. The average molecular weight is 460 g/mol. The second-order valence-corrected chi connectivity index (χ2v) is 10.4. The van der Waals surface area contributed by atoms with E-state index in [9.17, 15) is 22.4 Å². The quantitative estimate of drug-likeness (QED) is 0.744. The van der Waals surface area contributed by atoms with Crippen molar-refractivity contribution in [3.05, 3.63) is 54.3 Å². The molecule has 2 heterocycles. The van der Waals surface area contributed by atoms with Gasteiger partial charge in [-0.05, 0) is 67.3 Å². The van der Waals surface area contributed by atoms with Crippen LogP contribution in [0.4, 0.5) is 15.8 Å². The molecule has 2 aromatic carbocycles. The van der Waals surface area contributed by atoms with Gasteiger partial charge in [-0.25, -0.2) is 12.8 Å². The molecule has 2 aliphatic heterocycles. The molecule has 1 N–H and O–H groups in total. The minimum absolute atomic E-state index is 0.0586. The number of benzene rings is 2. The molecular weight excluding hydrogens is 433 g/mol. The van der Waals surface area contributed by atoms with Crippen LogP contribution in [0.1, 0.15) is 26.2 Å². The maximum atomic E-state index is 13.1. The summed E-state index contributed by atoms with van der Waals surface area (Å²) in [7, 11) is -3.55. The molecule has 4 rings (SSSR count). The lowest BCUT2D eigenvalue weighted by molar-refractivity contribution is -0.122. The standard InChI is InChI=1S/C23H26FN3O4S/c1-16-10-12-26(13-11-16)32(30,31)21-8-4-19(5-9-21)25-23(29)17-14-22(28)27(15-17)20-6-2-18(24)3-7-20/h2-9,16-17H,10-15H2,1H3,(H,25,29). The van der Waals surface area contributed by atoms with Gasteiger partial charge in [0.1, 0.15) is 5.82 Å². The molecule has 2 aromatic rings. The van der Waals surface area contributed by atoms with Crippen molar-refractivity contribution in [3.63, 3.8) is 0 Å². The maximum absolute atomic E-state index is 13.1. The molecule has 2 aliphatic rings. The molecule has 170 valence electrons. The van der Waals surface area contributed by atoms with Crippen molar-refractivity contribution >= 4 is 33.2 Å². The molecular formula is C23H26FN3O4S. The molecule has 2 fully saturated rings. The summed E-state index contributed by atoms with van der Waals surface area (Å²) in [4.78, 5) is 26.7. The Balaban J connectivity index is 1.39. The van der Waals surface area contributed by atoms with Crippen LogP contribution in [-0.2, 0) is 19.6 Å². The third-order valence-corrected chi connectivity index (χ3v) is 8.05. The predicted molar refractivity (Wildman–Crippen MR) is 119 cm³/mol. The number of nitrogens with one attached hydrogen (secondary N) is 1. The van der Waals surface area contributed by atoms with Crippen LogP contribution in [0, 0.1) is 17.7 Å². The zero-order valence-corrected chi connectivity index (χ0v) is 18.6. The Morgan fingerprint density at radius 3 is 2.28 bits per heavy atom. The number of amides is 2. The Bertz CT molecular complexity index is 1100. The molecule has 1 unspecified atom stereocenters. The van der Waals surface area contributed by atoms with Crippen LogP contribution in [0.15, 0.2) is 53.4 Å². The highest BCUT2D eigenvalue weighted by atomic mass is 32.2. The number of carbonyl (C=O) groups is 2. The van der Waals surface area contributed by atoms with Gasteiger partial charge in [-0.15, -0.1) is 0 Å². The van der Waals surface area contributed by atoms with Gasteiger partial charge in [-0.1, -0.05) is 6.92 Å². The highest BCUT2D eigenvalue weighted by Gasteiger charge is 2.35. The van der Waals surface area contributed by atoms with Gasteiger partial charge in [-0.2, -0.15) is 4.31 Å². The number of piperidine rings is 1. The number of carbonyl (C=O) groups excluding carboxylic acids is 2. The highest BCUT2D eigenvalue weighted by Crippen LogP contribution is 2.27. The van der Waals surface area contributed by atoms with Crippen molar-refractivity contribution in [2.24, 2.45) is 11.8 Å². The molecule has 1 atom stereocenters. The monoisotopic (exact) mass is 459 g/mol. The summed E-state index contributed by atoms with van der Waals surface area (Å²) in [6.07, 6.45) is 1.76. The highest BCUT2D eigenvalue weighted by molar-refractivity contribution is 7.89. The van der Waals surface area contributed by atoms with E-state index >= 15 is 0 Å². The van der Waals surface area contributed by atoms with E-state index in [2.05, 4.69) is 12.2 Å². The Kier molecular flexibility index (Phi) is 6.30. The third-order valence-electron chi connectivity index (χ3n) is 6.14. The van der Waals surface area contributed by atoms with E-state index in [-0.39, 0.29) is 29.7 Å². The topological polar surface area (TPSA) is 86.8 Å². The Hall–Kier alpha value is -2.78. The molecule has 0 bridgehead atoms. The lowest BCUT2D eigenvalue weighted by Crippen LogP contribution is -2.37. The molecule has 7 nitrogen and oxygen atoms in total. The lowest BCUT2D eigenvalue weighted by atomic mass is 10.0. The molecule has 0 spiro atoms. The first kappa shape index (κ1) is 22.4. The second-order valence-electron chi connectivity index (χ2n) is 8.48. The van der Waals surface area contributed by atoms with Crippen LogP contribution in [-0.4, -0.2) is 44.2 Å². The van der Waals surface area contributed by atoms with Gasteiger partial charge in [0, 0.05) is 37.4 Å². The number of sulfonamides is 1. The Morgan fingerprint density at radius 2 is 1.66 bits per heavy atom. The van der Waals surface area contributed by atoms with Crippen molar-refractivity contribution < 1.29 is 22.4 Å². The van der Waals surface area contributed by atoms with E-state index < -0.39 is 21.8 Å². The summed E-state index contributed by atoms with van der Waals surface area (Å²) < 4.78 is 40.3. The summed E-state index contributed by atoms with van der Waals surface area (Å²) in [6, 6.07) is 11.7. The summed E-state index contributed by atoms with van der Waals surface area (Å²) in [5.41, 5.74) is 1.02. The van der Waals surface area contributed by atoms with Crippen molar-refractivity contribution in [3.8, 4) is 0 Å². The first-order valence-corrected chi connectivity index (χ1v) is 12.1. The van der Waals surface area contributed by atoms with Crippen molar-refractivity contribution in [2.75, 3.05) is 29.9 Å². The summed E-state index contributed by atoms with van der Waals surface area (Å²) in [5, 5.41) is 2.76. The predicted octanol–water partition coefficient (Wildman–Crippen LogP) is 3.24. The number of hydrogen-bond donors (Lipinski definition) is 1. The molecule has 2 amide bonds. The van der Waals surface area contributed by atoms with Gasteiger partial charge in [0.15, 0.2) is 0 Å². The smallest absolute Gasteiger partial charge is 0.243 e. The summed E-state index contributed by atoms with van der Waals surface area (Å²) in [6.45, 7) is 3.36. The van der Waals surface area contributed by atoms with Crippen molar-refractivity contribution in [1.82, 2.24) is 4.31 Å². The van der Waals surface area contributed by atoms with E-state index in [0.717, 1.165) is 12.8 Å². The largest absolute Gasteiger partial charge is 0.326 e. The molecule has 9 heteroatoms. The molecule has 2 saturated heterocycles. The van der Waals surface area contributed by atoms with Crippen LogP contribution >= 0.6 is 0 Å². The first-order chi connectivity index (χ1) is 15.2. The van der Waals surface area contributed by atoms with Crippen LogP contribution in [0.3, 0.4) is 0 Å². The molecule has 0 radical (unpaired) electrons. The first-order valence-electron chi connectivity index (χ1n) is 10.7. The summed E-state index contributed by atoms with van der Waals surface area (Å²) >= 11 is 0. The van der Waals surface area contributed by atoms with Gasteiger partial charge >= 0.3 is 0 Å². The normalized spacial score (nSPS) is 20.5. The number of rotatable bonds is 5. The fraction of sp³-hybridized carbons (Fsp3) is 0.391. The van der Waals surface area contributed by atoms with Crippen molar-refractivity contribution in [2.45, 2.75) is 31.1 Å². The molecule has 32 heavy (non-hydrogen) atoms. The van der Waals surface area contributed by atoms with Gasteiger partial charge in [0.2, 0.25) is 21.8 Å². The van der Waals surface area contributed by atoms with Crippen molar-refractivity contribution in [1.29, 1.82) is 0 Å². The zero-order chi connectivity index (χ0) is 22.9. The fourth-order valence-electron chi connectivity index (χ4n) is 4.08. The van der Waals surface area contributed by atoms with E-state index in [1.54, 1.807) is 12.1 Å². The number of hydrogen-bond acceptors (Lipinski definition) is 4. The molecule has 0 aromatic heterocycles. The van der Waals surface area contributed by atoms with E-state index in [1.807, 2.05) is 0 Å². The number of halogens is 1. The van der Waals surface area contributed by atoms with Crippen LogP contribution in [0.25, 0.3) is 0 Å². The van der Waals surface area contributed by atoms with Gasteiger partial charge in [0.25, 0.3) is 0 Å². The average Bonchev–Trinajstić information content (AvgIpc) is 3.17. The zero-order valence-electron chi connectivity index (χ0n) is 17.8. The third kappa shape index (κ3) is 4.68.